The monoisotopic (exact) mass is 626 g/mol. The van der Waals surface area contributed by atoms with Crippen LogP contribution >= 0.6 is 0 Å². The average Bonchev–Trinajstić information content (AvgIpc) is 3.50. The van der Waals surface area contributed by atoms with E-state index in [2.05, 4.69) is 204 Å². The number of nitrogens with zero attached hydrogens (tertiary/aromatic N) is 2. The van der Waals surface area contributed by atoms with Crippen molar-refractivity contribution in [1.82, 2.24) is 4.57 Å². The molecule has 1 aromatic heterocycles. The average molecular weight is 627 g/mol. The highest BCUT2D eigenvalue weighted by Crippen LogP contribution is 2.45. The van der Waals surface area contributed by atoms with Gasteiger partial charge in [-0.15, -0.1) is 0 Å². The van der Waals surface area contributed by atoms with Crippen LogP contribution in [0.2, 0.25) is 0 Å². The Labute approximate surface area is 286 Å². The van der Waals surface area contributed by atoms with E-state index in [0.29, 0.717) is 0 Å². The summed E-state index contributed by atoms with van der Waals surface area (Å²) < 4.78 is 2.40. The maximum Gasteiger partial charge on any atom is 0.0561 e. The molecule has 2 nitrogen and oxygen atoms in total. The Balaban J connectivity index is 1.31. The summed E-state index contributed by atoms with van der Waals surface area (Å²) in [5.74, 6) is 0. The first-order valence-corrected chi connectivity index (χ1v) is 16.9. The van der Waals surface area contributed by atoms with Gasteiger partial charge in [-0.3, -0.25) is 0 Å². The highest BCUT2D eigenvalue weighted by molar-refractivity contribution is 6.11. The third-order valence-corrected chi connectivity index (χ3v) is 9.64. The van der Waals surface area contributed by atoms with Crippen LogP contribution in [-0.2, 0) is 0 Å². The van der Waals surface area contributed by atoms with Crippen LogP contribution in [0.25, 0.3) is 60.5 Å². The van der Waals surface area contributed by atoms with Crippen molar-refractivity contribution >= 4 is 49.6 Å². The van der Waals surface area contributed by atoms with E-state index in [-0.39, 0.29) is 0 Å². The molecular weight excluding hydrogens is 593 g/mol. The first-order valence-electron chi connectivity index (χ1n) is 16.9. The number of rotatable bonds is 6. The van der Waals surface area contributed by atoms with Crippen molar-refractivity contribution in [3.63, 3.8) is 0 Å². The van der Waals surface area contributed by atoms with Gasteiger partial charge in [0.25, 0.3) is 0 Å². The minimum absolute atomic E-state index is 1.10. The second-order valence-corrected chi connectivity index (χ2v) is 12.7. The molecular formula is C47H34N2. The van der Waals surface area contributed by atoms with Gasteiger partial charge in [-0.25, -0.2) is 0 Å². The maximum absolute atomic E-state index is 2.44. The molecule has 2 heteroatoms. The van der Waals surface area contributed by atoms with Crippen LogP contribution in [0.4, 0.5) is 17.1 Å². The lowest BCUT2D eigenvalue weighted by atomic mass is 9.95. The number of fused-ring (bicyclic) bond motifs is 4. The first-order chi connectivity index (χ1) is 24.2. The zero-order valence-corrected chi connectivity index (χ0v) is 27.3. The zero-order chi connectivity index (χ0) is 32.7. The summed E-state index contributed by atoms with van der Waals surface area (Å²) in [6, 6.07) is 68.1. The van der Waals surface area contributed by atoms with Crippen LogP contribution in [0.5, 0.6) is 0 Å². The van der Waals surface area contributed by atoms with Crippen molar-refractivity contribution in [3.05, 3.63) is 194 Å². The lowest BCUT2D eigenvalue weighted by Crippen LogP contribution is -2.12. The van der Waals surface area contributed by atoms with E-state index in [4.69, 9.17) is 0 Å². The van der Waals surface area contributed by atoms with Crippen molar-refractivity contribution in [2.75, 3.05) is 4.90 Å². The van der Waals surface area contributed by atoms with Gasteiger partial charge in [-0.2, -0.15) is 0 Å². The maximum atomic E-state index is 2.44. The Hall–Kier alpha value is -6.38. The summed E-state index contributed by atoms with van der Waals surface area (Å²) in [4.78, 5) is 2.44. The van der Waals surface area contributed by atoms with Crippen LogP contribution in [0.15, 0.2) is 188 Å². The van der Waals surface area contributed by atoms with Gasteiger partial charge < -0.3 is 9.47 Å². The van der Waals surface area contributed by atoms with Crippen LogP contribution < -0.4 is 4.90 Å². The number of hydrogen-bond donors (Lipinski definition) is 0. The summed E-state index contributed by atoms with van der Waals surface area (Å²) >= 11 is 0. The van der Waals surface area contributed by atoms with E-state index in [9.17, 15) is 0 Å². The number of hydrogen-bond acceptors (Lipinski definition) is 1. The summed E-state index contributed by atoms with van der Waals surface area (Å²) in [6.07, 6.45) is 0. The molecule has 0 fully saturated rings. The van der Waals surface area contributed by atoms with Gasteiger partial charge in [0.2, 0.25) is 0 Å². The number of aryl methyl sites for hydroxylation is 1. The van der Waals surface area contributed by atoms with Crippen LogP contribution in [0, 0.1) is 6.92 Å². The van der Waals surface area contributed by atoms with Gasteiger partial charge in [0.1, 0.15) is 0 Å². The summed E-state index contributed by atoms with van der Waals surface area (Å²) in [6.45, 7) is 2.18. The van der Waals surface area contributed by atoms with Gasteiger partial charge in [-0.1, -0.05) is 140 Å². The molecule has 0 unspecified atom stereocenters. The van der Waals surface area contributed by atoms with E-state index in [1.54, 1.807) is 0 Å². The third-order valence-electron chi connectivity index (χ3n) is 9.64. The summed E-state index contributed by atoms with van der Waals surface area (Å²) in [5, 5.41) is 4.97. The van der Waals surface area contributed by atoms with Crippen molar-refractivity contribution in [2.24, 2.45) is 0 Å². The second-order valence-electron chi connectivity index (χ2n) is 12.7. The fourth-order valence-electron chi connectivity index (χ4n) is 7.33. The predicted octanol–water partition coefficient (Wildman–Crippen LogP) is 13.0. The van der Waals surface area contributed by atoms with E-state index in [1.807, 2.05) is 0 Å². The molecule has 0 spiro atoms. The van der Waals surface area contributed by atoms with Crippen LogP contribution in [0.3, 0.4) is 0 Å². The predicted molar refractivity (Wildman–Crippen MR) is 209 cm³/mol. The van der Waals surface area contributed by atoms with Crippen molar-refractivity contribution in [1.29, 1.82) is 0 Å². The van der Waals surface area contributed by atoms with Gasteiger partial charge in [0.05, 0.1) is 16.7 Å². The molecule has 0 amide bonds. The van der Waals surface area contributed by atoms with Crippen molar-refractivity contribution in [3.8, 4) is 27.9 Å². The molecule has 0 aliphatic carbocycles. The third kappa shape index (κ3) is 5.06. The molecule has 0 aliphatic rings. The van der Waals surface area contributed by atoms with Crippen LogP contribution in [0.1, 0.15) is 5.56 Å². The minimum atomic E-state index is 1.10. The largest absolute Gasteiger partial charge is 0.310 e. The normalized spacial score (nSPS) is 11.4. The Kier molecular flexibility index (Phi) is 7.06. The molecule has 232 valence electrons. The number of aromatic nitrogens is 1. The molecule has 0 N–H and O–H groups in total. The molecule has 0 radical (unpaired) electrons. The molecule has 8 aromatic carbocycles. The number of anilines is 3. The van der Waals surface area contributed by atoms with E-state index < -0.39 is 0 Å². The summed E-state index contributed by atoms with van der Waals surface area (Å²) in [7, 11) is 0. The fraction of sp³-hybridized carbons (Fsp3) is 0.0213. The quantitative estimate of drug-likeness (QED) is 0.178. The Morgan fingerprint density at radius 3 is 1.86 bits per heavy atom. The van der Waals surface area contributed by atoms with E-state index in [1.165, 1.54) is 60.4 Å². The lowest BCUT2D eigenvalue weighted by molar-refractivity contribution is 1.18. The molecule has 0 atom stereocenters. The summed E-state index contributed by atoms with van der Waals surface area (Å²) in [5.41, 5.74) is 12.9. The van der Waals surface area contributed by atoms with Crippen LogP contribution in [-0.4, -0.2) is 4.57 Å². The molecule has 1 heterocycles. The molecule has 0 bridgehead atoms. The van der Waals surface area contributed by atoms with Gasteiger partial charge >= 0.3 is 0 Å². The van der Waals surface area contributed by atoms with Gasteiger partial charge in [0, 0.05) is 33.4 Å². The topological polar surface area (TPSA) is 8.17 Å². The van der Waals surface area contributed by atoms with Crippen molar-refractivity contribution in [2.45, 2.75) is 6.92 Å². The lowest BCUT2D eigenvalue weighted by Gasteiger charge is -2.29. The molecule has 0 aliphatic heterocycles. The molecule has 9 rings (SSSR count). The van der Waals surface area contributed by atoms with E-state index >= 15 is 0 Å². The Morgan fingerprint density at radius 1 is 0.408 bits per heavy atom. The Morgan fingerprint density at radius 2 is 1.04 bits per heavy atom. The van der Waals surface area contributed by atoms with E-state index in [0.717, 1.165) is 22.7 Å². The standard InChI is InChI=1S/C47H34N2/c1-33-23-29-43(41-21-12-16-36-15-8-9-19-40(36)41)46(31-33)48(38-26-24-35(25-27-38)34-13-4-2-5-14-34)39-28-30-44-42-20-10-11-22-45(42)49(47(44)32-39)37-17-6-3-7-18-37/h2-32H,1H3. The highest BCUT2D eigenvalue weighted by atomic mass is 15.1. The zero-order valence-electron chi connectivity index (χ0n) is 27.3. The second kappa shape index (κ2) is 12.0. The molecule has 9 aromatic rings. The Bertz CT molecular complexity index is 2590. The molecule has 49 heavy (non-hydrogen) atoms. The molecule has 0 saturated carbocycles. The fourth-order valence-corrected chi connectivity index (χ4v) is 7.33. The highest BCUT2D eigenvalue weighted by Gasteiger charge is 2.21. The van der Waals surface area contributed by atoms with Crippen molar-refractivity contribution < 1.29 is 0 Å². The minimum Gasteiger partial charge on any atom is -0.310 e. The smallest absolute Gasteiger partial charge is 0.0561 e. The number of para-hydroxylation sites is 2. The molecule has 0 saturated heterocycles. The van der Waals surface area contributed by atoms with Gasteiger partial charge in [0.15, 0.2) is 0 Å². The van der Waals surface area contributed by atoms with Gasteiger partial charge in [-0.05, 0) is 88.5 Å². The SMILES string of the molecule is Cc1ccc(-c2cccc3ccccc23)c(N(c2ccc(-c3ccccc3)cc2)c2ccc3c4ccccc4n(-c4ccccc4)c3c2)c1. The number of benzene rings is 8. The first kappa shape index (κ1) is 28.8.